The van der Waals surface area contributed by atoms with Crippen molar-refractivity contribution < 1.29 is 0 Å². The van der Waals surface area contributed by atoms with Crippen molar-refractivity contribution in [1.82, 2.24) is 10.2 Å². The number of hydrogen-bond donors (Lipinski definition) is 1. The quantitative estimate of drug-likeness (QED) is 0.811. The smallest absolute Gasteiger partial charge is 0.0211 e. The van der Waals surface area contributed by atoms with Crippen molar-refractivity contribution in [2.24, 2.45) is 0 Å². The van der Waals surface area contributed by atoms with Gasteiger partial charge >= 0.3 is 0 Å². The highest BCUT2D eigenvalue weighted by molar-refractivity contribution is 5.33. The van der Waals surface area contributed by atoms with E-state index in [4.69, 9.17) is 0 Å². The van der Waals surface area contributed by atoms with Crippen LogP contribution in [-0.2, 0) is 6.54 Å². The first-order valence-electron chi connectivity index (χ1n) is 6.62. The number of nitrogens with zero attached hydrogens (tertiary/aromatic N) is 1. The van der Waals surface area contributed by atoms with E-state index in [1.807, 2.05) is 0 Å². The molecule has 1 aliphatic carbocycles. The lowest BCUT2D eigenvalue weighted by molar-refractivity contribution is 0.349. The zero-order valence-electron chi connectivity index (χ0n) is 11.2. The van der Waals surface area contributed by atoms with Crippen LogP contribution in [0.5, 0.6) is 0 Å². The lowest BCUT2D eigenvalue weighted by Gasteiger charge is -2.19. The fourth-order valence-electron chi connectivity index (χ4n) is 2.38. The second-order valence-corrected chi connectivity index (χ2v) is 5.52. The third kappa shape index (κ3) is 3.83. The van der Waals surface area contributed by atoms with Gasteiger partial charge in [0.05, 0.1) is 0 Å². The molecule has 1 fully saturated rings. The van der Waals surface area contributed by atoms with Crippen LogP contribution < -0.4 is 5.32 Å². The Kier molecular flexibility index (Phi) is 4.19. The molecule has 94 valence electrons. The van der Waals surface area contributed by atoms with Gasteiger partial charge in [0.2, 0.25) is 0 Å². The highest BCUT2D eigenvalue weighted by atomic mass is 15.1. The highest BCUT2D eigenvalue weighted by Crippen LogP contribution is 2.41. The molecule has 1 aromatic carbocycles. The summed E-state index contributed by atoms with van der Waals surface area (Å²) in [6.07, 6.45) is 2.76. The van der Waals surface area contributed by atoms with Crippen LogP contribution in [0.4, 0.5) is 0 Å². The average Bonchev–Trinajstić information content (AvgIpc) is 3.09. The molecule has 2 heteroatoms. The number of likely N-dealkylation sites (N-methyl/N-ethyl adjacent to an activating group) is 1. The van der Waals surface area contributed by atoms with Gasteiger partial charge in [0, 0.05) is 19.1 Å². The van der Waals surface area contributed by atoms with Crippen molar-refractivity contribution in [2.75, 3.05) is 20.6 Å². The molecule has 0 radical (unpaired) electrons. The molecule has 0 bridgehead atoms. The van der Waals surface area contributed by atoms with Crippen LogP contribution in [0, 0.1) is 0 Å². The van der Waals surface area contributed by atoms with Crippen molar-refractivity contribution >= 4 is 0 Å². The summed E-state index contributed by atoms with van der Waals surface area (Å²) in [5.41, 5.74) is 3.05. The Morgan fingerprint density at radius 1 is 1.29 bits per heavy atom. The minimum atomic E-state index is 0.539. The standard InChI is InChI=1S/C15H24N2/c1-12(11-17(2)3)16-10-14-6-4-5-7-15(14)13-8-9-13/h4-7,12-13,16H,8-11H2,1-3H3. The molecule has 0 spiro atoms. The molecule has 0 aliphatic heterocycles. The molecule has 1 N–H and O–H groups in total. The van der Waals surface area contributed by atoms with E-state index in [1.54, 1.807) is 5.56 Å². The molecule has 1 atom stereocenters. The highest BCUT2D eigenvalue weighted by Gasteiger charge is 2.25. The van der Waals surface area contributed by atoms with Crippen LogP contribution in [0.25, 0.3) is 0 Å². The van der Waals surface area contributed by atoms with E-state index in [1.165, 1.54) is 18.4 Å². The van der Waals surface area contributed by atoms with Gasteiger partial charge < -0.3 is 10.2 Å². The van der Waals surface area contributed by atoms with Crippen LogP contribution >= 0.6 is 0 Å². The molecule has 0 saturated heterocycles. The van der Waals surface area contributed by atoms with E-state index >= 15 is 0 Å². The van der Waals surface area contributed by atoms with E-state index in [-0.39, 0.29) is 0 Å². The Labute approximate surface area is 105 Å². The predicted octanol–water partition coefficient (Wildman–Crippen LogP) is 2.60. The zero-order chi connectivity index (χ0) is 12.3. The van der Waals surface area contributed by atoms with Crippen LogP contribution in [0.2, 0.25) is 0 Å². The van der Waals surface area contributed by atoms with Crippen molar-refractivity contribution in [1.29, 1.82) is 0 Å². The first-order valence-corrected chi connectivity index (χ1v) is 6.62. The lowest BCUT2D eigenvalue weighted by atomic mass is 10.0. The van der Waals surface area contributed by atoms with Crippen molar-refractivity contribution in [3.63, 3.8) is 0 Å². The second-order valence-electron chi connectivity index (χ2n) is 5.52. The Morgan fingerprint density at radius 3 is 2.65 bits per heavy atom. The summed E-state index contributed by atoms with van der Waals surface area (Å²) in [5, 5.41) is 3.61. The van der Waals surface area contributed by atoms with Gasteiger partial charge in [0.25, 0.3) is 0 Å². The van der Waals surface area contributed by atoms with Gasteiger partial charge in [0.15, 0.2) is 0 Å². The third-order valence-electron chi connectivity index (χ3n) is 3.35. The molecular weight excluding hydrogens is 208 g/mol. The molecular formula is C15H24N2. The maximum absolute atomic E-state index is 3.61. The summed E-state index contributed by atoms with van der Waals surface area (Å²) in [4.78, 5) is 2.23. The van der Waals surface area contributed by atoms with Crippen LogP contribution in [0.3, 0.4) is 0 Å². The Morgan fingerprint density at radius 2 is 2.00 bits per heavy atom. The average molecular weight is 232 g/mol. The summed E-state index contributed by atoms with van der Waals surface area (Å²) < 4.78 is 0. The third-order valence-corrected chi connectivity index (χ3v) is 3.35. The SMILES string of the molecule is CC(CN(C)C)NCc1ccccc1C1CC1. The zero-order valence-corrected chi connectivity index (χ0v) is 11.2. The van der Waals surface area contributed by atoms with Gasteiger partial charge in [-0.05, 0) is 50.9 Å². The molecule has 17 heavy (non-hydrogen) atoms. The van der Waals surface area contributed by atoms with Gasteiger partial charge in [-0.2, -0.15) is 0 Å². The van der Waals surface area contributed by atoms with Gasteiger partial charge in [-0.25, -0.2) is 0 Å². The van der Waals surface area contributed by atoms with E-state index in [0.29, 0.717) is 6.04 Å². The summed E-state index contributed by atoms with van der Waals surface area (Å²) in [6, 6.07) is 9.42. The van der Waals surface area contributed by atoms with Crippen LogP contribution in [-0.4, -0.2) is 31.6 Å². The van der Waals surface area contributed by atoms with Crippen molar-refractivity contribution in [2.45, 2.75) is 38.3 Å². The number of benzene rings is 1. The summed E-state index contributed by atoms with van der Waals surface area (Å²) in [6.45, 7) is 4.34. The van der Waals surface area contributed by atoms with E-state index in [9.17, 15) is 0 Å². The number of rotatable bonds is 6. The van der Waals surface area contributed by atoms with Crippen LogP contribution in [0.1, 0.15) is 36.8 Å². The summed E-state index contributed by atoms with van der Waals surface area (Å²) >= 11 is 0. The molecule has 0 aromatic heterocycles. The molecule has 1 aromatic rings. The maximum atomic E-state index is 3.61. The minimum Gasteiger partial charge on any atom is -0.309 e. The Bertz CT molecular complexity index is 356. The number of nitrogens with one attached hydrogen (secondary N) is 1. The van der Waals surface area contributed by atoms with Gasteiger partial charge in [-0.1, -0.05) is 24.3 Å². The first kappa shape index (κ1) is 12.6. The molecule has 1 saturated carbocycles. The fraction of sp³-hybridized carbons (Fsp3) is 0.600. The first-order chi connectivity index (χ1) is 8.16. The predicted molar refractivity (Wildman–Crippen MR) is 73.3 cm³/mol. The van der Waals surface area contributed by atoms with Crippen molar-refractivity contribution in [3.05, 3.63) is 35.4 Å². The molecule has 0 amide bonds. The van der Waals surface area contributed by atoms with Crippen molar-refractivity contribution in [3.8, 4) is 0 Å². The summed E-state index contributed by atoms with van der Waals surface area (Å²) in [5.74, 6) is 0.845. The Balaban J connectivity index is 1.90. The monoisotopic (exact) mass is 232 g/mol. The lowest BCUT2D eigenvalue weighted by Crippen LogP contribution is -2.35. The fourth-order valence-corrected chi connectivity index (χ4v) is 2.38. The maximum Gasteiger partial charge on any atom is 0.0211 e. The number of hydrogen-bond acceptors (Lipinski definition) is 2. The molecule has 0 heterocycles. The molecule has 2 rings (SSSR count). The molecule has 1 aliphatic rings. The molecule has 2 nitrogen and oxygen atoms in total. The minimum absolute atomic E-state index is 0.539. The van der Waals surface area contributed by atoms with E-state index in [2.05, 4.69) is 55.5 Å². The van der Waals surface area contributed by atoms with E-state index in [0.717, 1.165) is 19.0 Å². The van der Waals surface area contributed by atoms with Gasteiger partial charge in [-0.15, -0.1) is 0 Å². The largest absolute Gasteiger partial charge is 0.309 e. The van der Waals surface area contributed by atoms with Gasteiger partial charge in [-0.3, -0.25) is 0 Å². The van der Waals surface area contributed by atoms with Gasteiger partial charge in [0.1, 0.15) is 0 Å². The summed E-state index contributed by atoms with van der Waals surface area (Å²) in [7, 11) is 4.24. The van der Waals surface area contributed by atoms with Crippen LogP contribution in [0.15, 0.2) is 24.3 Å². The topological polar surface area (TPSA) is 15.3 Å². The molecule has 1 unspecified atom stereocenters. The second kappa shape index (κ2) is 5.65. The normalized spacial score (nSPS) is 17.4. The Hall–Kier alpha value is -0.860. The van der Waals surface area contributed by atoms with E-state index < -0.39 is 0 Å².